The van der Waals surface area contributed by atoms with Crippen LogP contribution in [0.1, 0.15) is 42.8 Å². The van der Waals surface area contributed by atoms with E-state index in [4.69, 9.17) is 4.42 Å². The number of amides is 2. The molecule has 5 heteroatoms. The molecule has 2 rings (SSSR count). The van der Waals surface area contributed by atoms with Gasteiger partial charge in [-0.15, -0.1) is 0 Å². The SMILES string of the molecule is CCC[C@@H]1CN(C(=O)c2ccoc2C)C[C@H]1NC(C)=O. The molecule has 2 amide bonds. The van der Waals surface area contributed by atoms with Crippen LogP contribution in [0.2, 0.25) is 0 Å². The molecule has 0 aromatic carbocycles. The summed E-state index contributed by atoms with van der Waals surface area (Å²) in [6, 6.07) is 1.77. The van der Waals surface area contributed by atoms with E-state index in [1.54, 1.807) is 13.0 Å². The third kappa shape index (κ3) is 3.03. The largest absolute Gasteiger partial charge is 0.469 e. The third-order valence-corrected chi connectivity index (χ3v) is 3.87. The van der Waals surface area contributed by atoms with Gasteiger partial charge < -0.3 is 14.6 Å². The normalized spacial score (nSPS) is 22.1. The zero-order valence-corrected chi connectivity index (χ0v) is 12.3. The number of hydrogen-bond acceptors (Lipinski definition) is 3. The summed E-state index contributed by atoms with van der Waals surface area (Å²) < 4.78 is 5.19. The molecule has 1 aromatic rings. The van der Waals surface area contributed by atoms with E-state index in [0.717, 1.165) is 12.8 Å². The number of nitrogens with zero attached hydrogens (tertiary/aromatic N) is 1. The Morgan fingerprint density at radius 3 is 2.75 bits per heavy atom. The molecule has 1 fully saturated rings. The molecule has 1 aliphatic rings. The van der Waals surface area contributed by atoms with Crippen molar-refractivity contribution < 1.29 is 14.0 Å². The van der Waals surface area contributed by atoms with E-state index in [0.29, 0.717) is 30.3 Å². The first-order valence-electron chi connectivity index (χ1n) is 7.13. The Morgan fingerprint density at radius 1 is 1.45 bits per heavy atom. The van der Waals surface area contributed by atoms with Crippen LogP contribution in [0.4, 0.5) is 0 Å². The van der Waals surface area contributed by atoms with E-state index < -0.39 is 0 Å². The number of furan rings is 1. The Morgan fingerprint density at radius 2 is 2.20 bits per heavy atom. The second-order valence-corrected chi connectivity index (χ2v) is 5.46. The van der Waals surface area contributed by atoms with Crippen molar-refractivity contribution in [2.75, 3.05) is 13.1 Å². The van der Waals surface area contributed by atoms with Gasteiger partial charge in [0.05, 0.1) is 17.9 Å². The van der Waals surface area contributed by atoms with Crippen LogP contribution in [-0.4, -0.2) is 35.8 Å². The second kappa shape index (κ2) is 6.11. The number of carbonyl (C=O) groups excluding carboxylic acids is 2. The Bertz CT molecular complexity index is 495. The Labute approximate surface area is 119 Å². The third-order valence-electron chi connectivity index (χ3n) is 3.87. The van der Waals surface area contributed by atoms with Crippen molar-refractivity contribution in [3.05, 3.63) is 23.7 Å². The van der Waals surface area contributed by atoms with Gasteiger partial charge in [-0.2, -0.15) is 0 Å². The zero-order valence-electron chi connectivity index (χ0n) is 12.3. The minimum absolute atomic E-state index is 0.00907. The lowest BCUT2D eigenvalue weighted by molar-refractivity contribution is -0.119. The highest BCUT2D eigenvalue weighted by Gasteiger charge is 2.36. The van der Waals surface area contributed by atoms with Crippen molar-refractivity contribution in [3.8, 4) is 0 Å². The maximum Gasteiger partial charge on any atom is 0.257 e. The summed E-state index contributed by atoms with van der Waals surface area (Å²) >= 11 is 0. The van der Waals surface area contributed by atoms with E-state index in [-0.39, 0.29) is 17.9 Å². The predicted octanol–water partition coefficient (Wildman–Crippen LogP) is 1.96. The van der Waals surface area contributed by atoms with Crippen LogP contribution in [0.15, 0.2) is 16.7 Å². The molecule has 0 unspecified atom stereocenters. The number of likely N-dealkylation sites (tertiary alicyclic amines) is 1. The van der Waals surface area contributed by atoms with Crippen molar-refractivity contribution in [3.63, 3.8) is 0 Å². The van der Waals surface area contributed by atoms with Crippen LogP contribution >= 0.6 is 0 Å². The molecule has 0 radical (unpaired) electrons. The first kappa shape index (κ1) is 14.6. The zero-order chi connectivity index (χ0) is 14.7. The average molecular weight is 278 g/mol. The Kier molecular flexibility index (Phi) is 4.47. The number of carbonyl (C=O) groups is 2. The monoisotopic (exact) mass is 278 g/mol. The highest BCUT2D eigenvalue weighted by molar-refractivity contribution is 5.95. The van der Waals surface area contributed by atoms with Gasteiger partial charge in [-0.05, 0) is 25.3 Å². The summed E-state index contributed by atoms with van der Waals surface area (Å²) in [4.78, 5) is 25.6. The van der Waals surface area contributed by atoms with Gasteiger partial charge in [0.2, 0.25) is 5.91 Å². The molecule has 20 heavy (non-hydrogen) atoms. The van der Waals surface area contributed by atoms with Crippen LogP contribution in [0.3, 0.4) is 0 Å². The van der Waals surface area contributed by atoms with Crippen LogP contribution in [0.25, 0.3) is 0 Å². The molecule has 1 aromatic heterocycles. The van der Waals surface area contributed by atoms with Gasteiger partial charge in [-0.1, -0.05) is 13.3 Å². The lowest BCUT2D eigenvalue weighted by atomic mass is 9.98. The molecule has 110 valence electrons. The summed E-state index contributed by atoms with van der Waals surface area (Å²) in [6.07, 6.45) is 3.60. The maximum absolute atomic E-state index is 12.5. The summed E-state index contributed by atoms with van der Waals surface area (Å²) in [5.41, 5.74) is 0.615. The predicted molar refractivity (Wildman–Crippen MR) is 75.4 cm³/mol. The molecule has 0 bridgehead atoms. The van der Waals surface area contributed by atoms with Crippen LogP contribution in [0.5, 0.6) is 0 Å². The summed E-state index contributed by atoms with van der Waals surface area (Å²) in [7, 11) is 0. The first-order valence-corrected chi connectivity index (χ1v) is 7.13. The molecule has 0 saturated carbocycles. The number of aryl methyl sites for hydroxylation is 1. The molecule has 1 N–H and O–H groups in total. The van der Waals surface area contributed by atoms with E-state index in [1.807, 2.05) is 4.90 Å². The van der Waals surface area contributed by atoms with Gasteiger partial charge in [0.15, 0.2) is 0 Å². The lowest BCUT2D eigenvalue weighted by Crippen LogP contribution is -2.39. The van der Waals surface area contributed by atoms with Crippen molar-refractivity contribution in [1.29, 1.82) is 0 Å². The Balaban J connectivity index is 2.09. The minimum atomic E-state index is -0.0371. The summed E-state index contributed by atoms with van der Waals surface area (Å²) in [5.74, 6) is 0.931. The molecule has 2 heterocycles. The van der Waals surface area contributed by atoms with Crippen molar-refractivity contribution >= 4 is 11.8 Å². The van der Waals surface area contributed by atoms with Crippen LogP contribution in [0, 0.1) is 12.8 Å². The Hall–Kier alpha value is -1.78. The molecule has 2 atom stereocenters. The van der Waals surface area contributed by atoms with Gasteiger partial charge in [0.25, 0.3) is 5.91 Å². The fourth-order valence-corrected chi connectivity index (χ4v) is 2.90. The topological polar surface area (TPSA) is 62.6 Å². The highest BCUT2D eigenvalue weighted by Crippen LogP contribution is 2.24. The molecular weight excluding hydrogens is 256 g/mol. The van der Waals surface area contributed by atoms with E-state index >= 15 is 0 Å². The minimum Gasteiger partial charge on any atom is -0.469 e. The number of rotatable bonds is 4. The number of hydrogen-bond donors (Lipinski definition) is 1. The highest BCUT2D eigenvalue weighted by atomic mass is 16.3. The van der Waals surface area contributed by atoms with Gasteiger partial charge in [0, 0.05) is 20.0 Å². The van der Waals surface area contributed by atoms with Gasteiger partial charge in [0.1, 0.15) is 5.76 Å². The van der Waals surface area contributed by atoms with Crippen LogP contribution in [-0.2, 0) is 4.79 Å². The molecule has 1 aliphatic heterocycles. The van der Waals surface area contributed by atoms with Crippen molar-refractivity contribution in [2.45, 2.75) is 39.7 Å². The standard InChI is InChI=1S/C15H22N2O3/c1-4-5-12-8-17(9-14(12)16-11(3)18)15(19)13-6-7-20-10(13)2/h6-7,12,14H,4-5,8-9H2,1-3H3,(H,16,18)/t12-,14-/m1/s1. The van der Waals surface area contributed by atoms with E-state index in [9.17, 15) is 9.59 Å². The van der Waals surface area contributed by atoms with E-state index in [2.05, 4.69) is 12.2 Å². The molecule has 1 saturated heterocycles. The molecule has 5 nitrogen and oxygen atoms in total. The van der Waals surface area contributed by atoms with E-state index in [1.165, 1.54) is 13.2 Å². The summed E-state index contributed by atoms with van der Waals surface area (Å²) in [6.45, 7) is 6.71. The van der Waals surface area contributed by atoms with Gasteiger partial charge in [-0.25, -0.2) is 0 Å². The molecule has 0 aliphatic carbocycles. The summed E-state index contributed by atoms with van der Waals surface area (Å²) in [5, 5.41) is 2.97. The van der Waals surface area contributed by atoms with Gasteiger partial charge >= 0.3 is 0 Å². The van der Waals surface area contributed by atoms with Crippen molar-refractivity contribution in [1.82, 2.24) is 10.2 Å². The smallest absolute Gasteiger partial charge is 0.257 e. The van der Waals surface area contributed by atoms with Crippen LogP contribution < -0.4 is 5.32 Å². The number of nitrogens with one attached hydrogen (secondary N) is 1. The molecular formula is C15H22N2O3. The lowest BCUT2D eigenvalue weighted by Gasteiger charge is -2.17. The maximum atomic E-state index is 12.5. The molecule has 0 spiro atoms. The first-order chi connectivity index (χ1) is 9.52. The second-order valence-electron chi connectivity index (χ2n) is 5.46. The fourth-order valence-electron chi connectivity index (χ4n) is 2.90. The fraction of sp³-hybridized carbons (Fsp3) is 0.600. The van der Waals surface area contributed by atoms with Crippen molar-refractivity contribution in [2.24, 2.45) is 5.92 Å². The average Bonchev–Trinajstić information content (AvgIpc) is 2.96. The van der Waals surface area contributed by atoms with Gasteiger partial charge in [-0.3, -0.25) is 9.59 Å². The quantitative estimate of drug-likeness (QED) is 0.915.